The van der Waals surface area contributed by atoms with Crippen molar-refractivity contribution in [2.75, 3.05) is 43.0 Å². The van der Waals surface area contributed by atoms with Crippen LogP contribution in [0.25, 0.3) is 0 Å². The monoisotopic (exact) mass is 349 g/mol. The highest BCUT2D eigenvalue weighted by Crippen LogP contribution is 2.32. The summed E-state index contributed by atoms with van der Waals surface area (Å²) >= 11 is 0. The molecule has 1 aromatic rings. The maximum atomic E-state index is 12.4. The summed E-state index contributed by atoms with van der Waals surface area (Å²) in [6.07, 6.45) is -0.510. The van der Waals surface area contributed by atoms with Crippen LogP contribution >= 0.6 is 0 Å². The summed E-state index contributed by atoms with van der Waals surface area (Å²) in [5, 5.41) is 12.7. The number of carboxylic acid groups (broad SMARTS) is 1. The maximum Gasteiger partial charge on any atom is 0.414 e. The highest BCUT2D eigenvalue weighted by molar-refractivity contribution is 5.95. The van der Waals surface area contributed by atoms with E-state index in [1.807, 2.05) is 6.92 Å². The van der Waals surface area contributed by atoms with Gasteiger partial charge in [-0.2, -0.15) is 0 Å². The molecule has 0 radical (unpaired) electrons. The highest BCUT2D eigenvalue weighted by Gasteiger charge is 2.25. The molecule has 0 saturated carbocycles. The van der Waals surface area contributed by atoms with Crippen molar-refractivity contribution in [3.05, 3.63) is 23.3 Å². The fourth-order valence-electron chi connectivity index (χ4n) is 2.82. The van der Waals surface area contributed by atoms with E-state index >= 15 is 0 Å². The van der Waals surface area contributed by atoms with Crippen LogP contribution in [0, 0.1) is 6.92 Å². The smallest absolute Gasteiger partial charge is 0.414 e. The Hall–Kier alpha value is -2.28. The third-order valence-electron chi connectivity index (χ3n) is 4.09. The number of carbonyl (C=O) groups excluding carboxylic acids is 1. The zero-order chi connectivity index (χ0) is 18.8. The number of anilines is 2. The number of rotatable bonds is 3. The number of benzene rings is 1. The lowest BCUT2D eigenvalue weighted by Crippen LogP contribution is -2.44. The Bertz CT molecular complexity index is 661. The zero-order valence-corrected chi connectivity index (χ0v) is 15.5. The lowest BCUT2D eigenvalue weighted by Gasteiger charge is -2.33. The fraction of sp³-hybridized carbons (Fsp3) is 0.556. The second-order valence-corrected chi connectivity index (χ2v) is 7.22. The fourth-order valence-corrected chi connectivity index (χ4v) is 2.82. The van der Waals surface area contributed by atoms with Gasteiger partial charge in [-0.3, -0.25) is 4.90 Å². The topological polar surface area (TPSA) is 82.1 Å². The second-order valence-electron chi connectivity index (χ2n) is 7.22. The van der Waals surface area contributed by atoms with E-state index in [-0.39, 0.29) is 5.56 Å². The van der Waals surface area contributed by atoms with Gasteiger partial charge in [-0.15, -0.1) is 0 Å². The molecule has 138 valence electrons. The number of piperazine rings is 1. The van der Waals surface area contributed by atoms with E-state index in [2.05, 4.69) is 10.2 Å². The first-order valence-corrected chi connectivity index (χ1v) is 8.40. The number of nitrogens with one attached hydrogen (secondary N) is 1. The van der Waals surface area contributed by atoms with Crippen molar-refractivity contribution < 1.29 is 19.4 Å². The van der Waals surface area contributed by atoms with Gasteiger partial charge in [0.25, 0.3) is 0 Å². The van der Waals surface area contributed by atoms with Gasteiger partial charge in [-0.05, 0) is 45.4 Å². The quantitative estimate of drug-likeness (QED) is 0.872. The molecule has 1 saturated heterocycles. The zero-order valence-electron chi connectivity index (χ0n) is 15.5. The maximum absolute atomic E-state index is 12.4. The molecule has 7 nitrogen and oxygen atoms in total. The van der Waals surface area contributed by atoms with Crippen LogP contribution in [-0.2, 0) is 4.74 Å². The van der Waals surface area contributed by atoms with E-state index in [1.54, 1.807) is 33.9 Å². The number of nitrogens with zero attached hydrogens (tertiary/aromatic N) is 2. The summed E-state index contributed by atoms with van der Waals surface area (Å²) in [7, 11) is 1.60. The van der Waals surface area contributed by atoms with Gasteiger partial charge in [0.15, 0.2) is 0 Å². The van der Waals surface area contributed by atoms with E-state index < -0.39 is 17.7 Å². The molecule has 1 amide bonds. The summed E-state index contributed by atoms with van der Waals surface area (Å²) < 4.78 is 5.41. The standard InChI is InChI=1S/C18H27N3O4/c1-12-14(20(5)17(24)25-18(2,3)4)10-13(16(22)23)11-15(12)21-8-6-19-7-9-21/h10-11,19H,6-9H2,1-5H3,(H,22,23). The summed E-state index contributed by atoms with van der Waals surface area (Å²) in [5.74, 6) is -1.02. The van der Waals surface area contributed by atoms with E-state index in [1.165, 1.54) is 11.0 Å². The van der Waals surface area contributed by atoms with Crippen molar-refractivity contribution in [2.45, 2.75) is 33.3 Å². The Morgan fingerprint density at radius 2 is 1.84 bits per heavy atom. The van der Waals surface area contributed by atoms with Crippen LogP contribution < -0.4 is 15.1 Å². The van der Waals surface area contributed by atoms with E-state index in [0.717, 1.165) is 37.4 Å². The molecule has 1 aliphatic rings. The number of hydrogen-bond donors (Lipinski definition) is 2. The van der Waals surface area contributed by atoms with Gasteiger partial charge >= 0.3 is 12.1 Å². The minimum Gasteiger partial charge on any atom is -0.478 e. The average Bonchev–Trinajstić information content (AvgIpc) is 2.53. The van der Waals surface area contributed by atoms with Crippen molar-refractivity contribution in [1.29, 1.82) is 0 Å². The average molecular weight is 349 g/mol. The lowest BCUT2D eigenvalue weighted by atomic mass is 10.0. The molecule has 2 N–H and O–H groups in total. The highest BCUT2D eigenvalue weighted by atomic mass is 16.6. The molecule has 25 heavy (non-hydrogen) atoms. The van der Waals surface area contributed by atoms with E-state index in [4.69, 9.17) is 4.74 Å². The summed E-state index contributed by atoms with van der Waals surface area (Å²) in [4.78, 5) is 27.5. The first-order valence-electron chi connectivity index (χ1n) is 8.40. The Morgan fingerprint density at radius 3 is 2.36 bits per heavy atom. The number of aromatic carboxylic acids is 1. The molecule has 1 fully saturated rings. The molecule has 1 aromatic carbocycles. The Balaban J connectivity index is 2.43. The predicted octanol–water partition coefficient (Wildman–Crippen LogP) is 2.47. The number of carbonyl (C=O) groups is 2. The third kappa shape index (κ3) is 4.63. The van der Waals surface area contributed by atoms with Crippen LogP contribution in [-0.4, -0.2) is 56.0 Å². The summed E-state index contributed by atoms with van der Waals surface area (Å²) in [5.41, 5.74) is 1.78. The molecular weight excluding hydrogens is 322 g/mol. The van der Waals surface area contributed by atoms with Gasteiger partial charge < -0.3 is 20.1 Å². The number of hydrogen-bond acceptors (Lipinski definition) is 5. The van der Waals surface area contributed by atoms with Gasteiger partial charge in [0, 0.05) is 38.9 Å². The third-order valence-corrected chi connectivity index (χ3v) is 4.09. The van der Waals surface area contributed by atoms with Gasteiger partial charge in [-0.25, -0.2) is 9.59 Å². The van der Waals surface area contributed by atoms with Crippen molar-refractivity contribution in [3.8, 4) is 0 Å². The Kier molecular flexibility index (Phi) is 5.57. The SMILES string of the molecule is Cc1c(N2CCNCC2)cc(C(=O)O)cc1N(C)C(=O)OC(C)(C)C. The molecule has 2 rings (SSSR count). The summed E-state index contributed by atoms with van der Waals surface area (Å²) in [6, 6.07) is 3.20. The number of carboxylic acids is 1. The Morgan fingerprint density at radius 1 is 1.24 bits per heavy atom. The van der Waals surface area contributed by atoms with Crippen molar-refractivity contribution in [3.63, 3.8) is 0 Å². The molecule has 0 bridgehead atoms. The molecule has 0 unspecified atom stereocenters. The summed E-state index contributed by atoms with van der Waals surface area (Å²) in [6.45, 7) is 10.6. The number of amides is 1. The molecule has 0 spiro atoms. The molecule has 1 aliphatic heterocycles. The first kappa shape index (κ1) is 19.1. The van der Waals surface area contributed by atoms with Crippen LogP contribution in [0.1, 0.15) is 36.7 Å². The first-order chi connectivity index (χ1) is 11.6. The van der Waals surface area contributed by atoms with Gasteiger partial charge in [-0.1, -0.05) is 0 Å². The lowest BCUT2D eigenvalue weighted by molar-refractivity contribution is 0.0587. The van der Waals surface area contributed by atoms with Crippen molar-refractivity contribution in [2.24, 2.45) is 0 Å². The number of ether oxygens (including phenoxy) is 1. The van der Waals surface area contributed by atoms with Gasteiger partial charge in [0.05, 0.1) is 11.3 Å². The van der Waals surface area contributed by atoms with E-state index in [0.29, 0.717) is 5.69 Å². The normalized spacial score (nSPS) is 15.0. The molecule has 1 heterocycles. The van der Waals surface area contributed by atoms with Gasteiger partial charge in [0.1, 0.15) is 5.60 Å². The van der Waals surface area contributed by atoms with Crippen molar-refractivity contribution in [1.82, 2.24) is 5.32 Å². The minimum absolute atomic E-state index is 0.157. The molecule has 0 aromatic heterocycles. The minimum atomic E-state index is -1.02. The molecular formula is C18H27N3O4. The van der Waals surface area contributed by atoms with Crippen LogP contribution in [0.5, 0.6) is 0 Å². The Labute approximate surface area is 148 Å². The van der Waals surface area contributed by atoms with Gasteiger partial charge in [0.2, 0.25) is 0 Å². The van der Waals surface area contributed by atoms with Crippen LogP contribution in [0.2, 0.25) is 0 Å². The van der Waals surface area contributed by atoms with E-state index in [9.17, 15) is 14.7 Å². The molecule has 7 heteroatoms. The molecule has 0 aliphatic carbocycles. The van der Waals surface area contributed by atoms with Crippen LogP contribution in [0.4, 0.5) is 16.2 Å². The van der Waals surface area contributed by atoms with Crippen LogP contribution in [0.15, 0.2) is 12.1 Å². The predicted molar refractivity (Wildman–Crippen MR) is 97.9 cm³/mol. The second kappa shape index (κ2) is 7.31. The largest absolute Gasteiger partial charge is 0.478 e. The van der Waals surface area contributed by atoms with Crippen LogP contribution in [0.3, 0.4) is 0 Å². The molecule has 0 atom stereocenters. The van der Waals surface area contributed by atoms with Crippen molar-refractivity contribution >= 4 is 23.4 Å².